The summed E-state index contributed by atoms with van der Waals surface area (Å²) in [5, 5.41) is 9.49. The molecule has 0 atom stereocenters. The van der Waals surface area contributed by atoms with Crippen LogP contribution in [0.3, 0.4) is 0 Å². The van der Waals surface area contributed by atoms with Gasteiger partial charge in [0.15, 0.2) is 0 Å². The number of oxazole rings is 1. The van der Waals surface area contributed by atoms with Gasteiger partial charge < -0.3 is 15.1 Å². The van der Waals surface area contributed by atoms with E-state index in [2.05, 4.69) is 20.7 Å². The van der Waals surface area contributed by atoms with E-state index in [9.17, 15) is 4.79 Å². The second-order valence-corrected chi connectivity index (χ2v) is 5.93. The normalized spacial score (nSPS) is 11.4. The fourth-order valence-electron chi connectivity index (χ4n) is 1.70. The number of aryl methyl sites for hydroxylation is 1. The van der Waals surface area contributed by atoms with Gasteiger partial charge in [-0.05, 0) is 0 Å². The molecule has 2 rings (SSSR count). The highest BCUT2D eigenvalue weighted by molar-refractivity contribution is 5.73. The van der Waals surface area contributed by atoms with Crippen molar-refractivity contribution in [3.05, 3.63) is 35.8 Å². The molecule has 0 aliphatic heterocycles. The van der Waals surface area contributed by atoms with Crippen LogP contribution in [0.15, 0.2) is 23.0 Å². The minimum Gasteiger partial charge on any atom is -0.443 e. The minimum atomic E-state index is -0.269. The van der Waals surface area contributed by atoms with Gasteiger partial charge in [-0.3, -0.25) is 4.68 Å². The molecule has 2 amide bonds. The molecule has 0 fully saturated rings. The van der Waals surface area contributed by atoms with E-state index < -0.39 is 0 Å². The van der Waals surface area contributed by atoms with Crippen LogP contribution in [-0.2, 0) is 25.6 Å². The molecule has 0 saturated carbocycles. The third kappa shape index (κ3) is 4.34. The Morgan fingerprint density at radius 3 is 2.57 bits per heavy atom. The first-order valence-corrected chi connectivity index (χ1v) is 6.79. The maximum atomic E-state index is 11.7. The predicted molar refractivity (Wildman–Crippen MR) is 77.5 cm³/mol. The zero-order chi connectivity index (χ0) is 15.5. The number of hydrogen-bond acceptors (Lipinski definition) is 4. The van der Waals surface area contributed by atoms with Crippen molar-refractivity contribution in [3.8, 4) is 0 Å². The van der Waals surface area contributed by atoms with Gasteiger partial charge in [0.1, 0.15) is 5.76 Å². The molecule has 7 heteroatoms. The lowest BCUT2D eigenvalue weighted by atomic mass is 9.94. The standard InChI is InChI=1S/C14H21N5O2/c1-14(2,3)11-7-15-12(21-11)8-17-13(20)16-5-10-6-18-19(4)9-10/h6-7,9H,5,8H2,1-4H3,(H2,16,17,20). The fourth-order valence-corrected chi connectivity index (χ4v) is 1.70. The van der Waals surface area contributed by atoms with Gasteiger partial charge in [0, 0.05) is 30.8 Å². The summed E-state index contributed by atoms with van der Waals surface area (Å²) in [4.78, 5) is 15.8. The molecule has 0 spiro atoms. The first-order valence-electron chi connectivity index (χ1n) is 6.79. The van der Waals surface area contributed by atoms with Crippen molar-refractivity contribution >= 4 is 6.03 Å². The summed E-state index contributed by atoms with van der Waals surface area (Å²) in [7, 11) is 1.83. The molecule has 2 heterocycles. The SMILES string of the molecule is Cn1cc(CNC(=O)NCc2ncc(C(C)(C)C)o2)cn1. The Morgan fingerprint density at radius 1 is 1.29 bits per heavy atom. The van der Waals surface area contributed by atoms with Gasteiger partial charge in [0.2, 0.25) is 5.89 Å². The van der Waals surface area contributed by atoms with Crippen LogP contribution in [0.25, 0.3) is 0 Å². The van der Waals surface area contributed by atoms with Crippen molar-refractivity contribution in [2.24, 2.45) is 7.05 Å². The molecule has 0 aliphatic carbocycles. The number of hydrogen-bond donors (Lipinski definition) is 2. The Labute approximate surface area is 123 Å². The van der Waals surface area contributed by atoms with E-state index >= 15 is 0 Å². The zero-order valence-corrected chi connectivity index (χ0v) is 12.8. The molecular formula is C14H21N5O2. The molecule has 2 aromatic heterocycles. The van der Waals surface area contributed by atoms with Crippen LogP contribution >= 0.6 is 0 Å². The molecule has 0 bridgehead atoms. The molecule has 0 aromatic carbocycles. The molecule has 2 N–H and O–H groups in total. The van der Waals surface area contributed by atoms with Crippen LogP contribution < -0.4 is 10.6 Å². The highest BCUT2D eigenvalue weighted by atomic mass is 16.4. The van der Waals surface area contributed by atoms with Crippen molar-refractivity contribution in [3.63, 3.8) is 0 Å². The second-order valence-electron chi connectivity index (χ2n) is 5.93. The second kappa shape index (κ2) is 5.99. The number of rotatable bonds is 4. The van der Waals surface area contributed by atoms with E-state index in [0.29, 0.717) is 12.4 Å². The molecule has 2 aromatic rings. The van der Waals surface area contributed by atoms with Crippen LogP contribution in [-0.4, -0.2) is 20.8 Å². The summed E-state index contributed by atoms with van der Waals surface area (Å²) in [6.07, 6.45) is 5.26. The quantitative estimate of drug-likeness (QED) is 0.898. The van der Waals surface area contributed by atoms with Crippen LogP contribution in [0.1, 0.15) is 38.0 Å². The van der Waals surface area contributed by atoms with E-state index in [1.165, 1.54) is 0 Å². The summed E-state index contributed by atoms with van der Waals surface area (Å²) in [6.45, 7) is 6.83. The summed E-state index contributed by atoms with van der Waals surface area (Å²) < 4.78 is 7.29. The van der Waals surface area contributed by atoms with Crippen LogP contribution in [0, 0.1) is 0 Å². The lowest BCUT2D eigenvalue weighted by molar-refractivity contribution is 0.238. The molecule has 0 saturated heterocycles. The first kappa shape index (κ1) is 15.1. The summed E-state index contributed by atoms with van der Waals surface area (Å²) in [5.41, 5.74) is 0.854. The topological polar surface area (TPSA) is 85.0 Å². The van der Waals surface area contributed by atoms with Crippen molar-refractivity contribution in [1.82, 2.24) is 25.4 Å². The Hall–Kier alpha value is -2.31. The summed E-state index contributed by atoms with van der Waals surface area (Å²) in [6, 6.07) is -0.269. The maximum absolute atomic E-state index is 11.7. The predicted octanol–water partition coefficient (Wildman–Crippen LogP) is 1.70. The third-order valence-electron chi connectivity index (χ3n) is 2.90. The van der Waals surface area contributed by atoms with Gasteiger partial charge >= 0.3 is 6.03 Å². The average Bonchev–Trinajstić information content (AvgIpc) is 3.02. The van der Waals surface area contributed by atoms with Crippen molar-refractivity contribution < 1.29 is 9.21 Å². The highest BCUT2D eigenvalue weighted by Gasteiger charge is 2.19. The van der Waals surface area contributed by atoms with Gasteiger partial charge in [-0.25, -0.2) is 9.78 Å². The molecular weight excluding hydrogens is 270 g/mol. The van der Waals surface area contributed by atoms with Crippen LogP contribution in [0.4, 0.5) is 4.79 Å². The molecule has 114 valence electrons. The van der Waals surface area contributed by atoms with Crippen LogP contribution in [0.5, 0.6) is 0 Å². The van der Waals surface area contributed by atoms with Gasteiger partial charge in [-0.15, -0.1) is 0 Å². The molecule has 0 aliphatic rings. The number of amides is 2. The van der Waals surface area contributed by atoms with Crippen LogP contribution in [0.2, 0.25) is 0 Å². The number of nitrogens with one attached hydrogen (secondary N) is 2. The number of aromatic nitrogens is 3. The molecule has 7 nitrogen and oxygen atoms in total. The van der Waals surface area contributed by atoms with Crippen molar-refractivity contribution in [2.75, 3.05) is 0 Å². The van der Waals surface area contributed by atoms with E-state index in [1.807, 2.05) is 34.0 Å². The lowest BCUT2D eigenvalue weighted by Gasteiger charge is -2.13. The van der Waals surface area contributed by atoms with Crippen molar-refractivity contribution in [2.45, 2.75) is 39.3 Å². The van der Waals surface area contributed by atoms with E-state index in [1.54, 1.807) is 17.1 Å². The number of urea groups is 1. The average molecular weight is 291 g/mol. The van der Waals surface area contributed by atoms with Crippen molar-refractivity contribution in [1.29, 1.82) is 0 Å². The minimum absolute atomic E-state index is 0.0895. The fraction of sp³-hybridized carbons (Fsp3) is 0.500. The van der Waals surface area contributed by atoms with E-state index in [-0.39, 0.29) is 18.0 Å². The molecule has 21 heavy (non-hydrogen) atoms. The van der Waals surface area contributed by atoms with E-state index in [4.69, 9.17) is 4.42 Å². The lowest BCUT2D eigenvalue weighted by Crippen LogP contribution is -2.34. The van der Waals surface area contributed by atoms with E-state index in [0.717, 1.165) is 11.3 Å². The Balaban J connectivity index is 1.77. The Kier molecular flexibility index (Phi) is 4.30. The molecule has 0 unspecified atom stereocenters. The van der Waals surface area contributed by atoms with Gasteiger partial charge in [-0.2, -0.15) is 5.10 Å². The number of carbonyl (C=O) groups excluding carboxylic acids is 1. The largest absolute Gasteiger partial charge is 0.443 e. The zero-order valence-electron chi connectivity index (χ0n) is 12.8. The summed E-state index contributed by atoms with van der Waals surface area (Å²) >= 11 is 0. The highest BCUT2D eigenvalue weighted by Crippen LogP contribution is 2.22. The van der Waals surface area contributed by atoms with Gasteiger partial charge in [0.05, 0.1) is 18.9 Å². The Morgan fingerprint density at radius 2 is 2.00 bits per heavy atom. The monoisotopic (exact) mass is 291 g/mol. The third-order valence-corrected chi connectivity index (χ3v) is 2.90. The number of carbonyl (C=O) groups is 1. The first-order chi connectivity index (χ1) is 9.84. The van der Waals surface area contributed by atoms with Gasteiger partial charge in [0.25, 0.3) is 0 Å². The van der Waals surface area contributed by atoms with Gasteiger partial charge in [-0.1, -0.05) is 20.8 Å². The Bertz CT molecular complexity index is 609. The molecule has 0 radical (unpaired) electrons. The maximum Gasteiger partial charge on any atom is 0.315 e. The smallest absolute Gasteiger partial charge is 0.315 e. The number of nitrogens with zero attached hydrogens (tertiary/aromatic N) is 3. The summed E-state index contributed by atoms with van der Waals surface area (Å²) in [5.74, 6) is 1.30.